The zero-order valence-corrected chi connectivity index (χ0v) is 10.8. The van der Waals surface area contributed by atoms with E-state index in [1.807, 2.05) is 13.0 Å². The number of amides is 2. The molecule has 0 atom stereocenters. The minimum absolute atomic E-state index is 0.0812. The van der Waals surface area contributed by atoms with E-state index in [-0.39, 0.29) is 16.9 Å². The lowest BCUT2D eigenvalue weighted by atomic mass is 10.2. The van der Waals surface area contributed by atoms with Crippen molar-refractivity contribution in [1.82, 2.24) is 16.2 Å². The highest BCUT2D eigenvalue weighted by atomic mass is 32.1. The number of carbonyl (C=O) groups is 2. The Hall–Kier alpha value is -1.95. The van der Waals surface area contributed by atoms with Gasteiger partial charge in [0.15, 0.2) is 5.11 Å². The summed E-state index contributed by atoms with van der Waals surface area (Å²) in [4.78, 5) is 22.8. The molecule has 0 saturated carbocycles. The molecule has 0 bridgehead atoms. The number of hydrogen-bond acceptors (Lipinski definition) is 3. The summed E-state index contributed by atoms with van der Waals surface area (Å²) in [6.45, 7) is 1.90. The van der Waals surface area contributed by atoms with Crippen molar-refractivity contribution in [3.8, 4) is 0 Å². The van der Waals surface area contributed by atoms with Gasteiger partial charge in [-0.25, -0.2) is 0 Å². The molecule has 5 nitrogen and oxygen atoms in total. The molecule has 0 unspecified atom stereocenters. The maximum absolute atomic E-state index is 11.6. The van der Waals surface area contributed by atoms with Gasteiger partial charge in [-0.15, -0.1) is 0 Å². The van der Waals surface area contributed by atoms with Gasteiger partial charge < -0.3 is 5.32 Å². The minimum atomic E-state index is -0.317. The number of benzene rings is 1. The molecule has 0 saturated heterocycles. The molecule has 0 heterocycles. The van der Waals surface area contributed by atoms with Gasteiger partial charge in [0.1, 0.15) is 0 Å². The highest BCUT2D eigenvalue weighted by Crippen LogP contribution is 1.96. The van der Waals surface area contributed by atoms with Crippen LogP contribution in [0.2, 0.25) is 0 Å². The number of thiocarbonyl (C=S) groups is 1. The van der Waals surface area contributed by atoms with Crippen molar-refractivity contribution >= 4 is 29.1 Å². The van der Waals surface area contributed by atoms with E-state index < -0.39 is 0 Å². The van der Waals surface area contributed by atoms with Gasteiger partial charge in [0.2, 0.25) is 5.91 Å². The third-order valence-electron chi connectivity index (χ3n) is 2.06. The average molecular weight is 265 g/mol. The van der Waals surface area contributed by atoms with Crippen LogP contribution in [0.15, 0.2) is 30.3 Å². The van der Waals surface area contributed by atoms with Crippen molar-refractivity contribution in [2.45, 2.75) is 19.8 Å². The fraction of sp³-hybridized carbons (Fsp3) is 0.250. The standard InChI is InChI=1S/C12H15N3O2S/c1-2-6-10(16)13-12(18)15-14-11(17)9-7-4-3-5-8-9/h3-5,7-8H,2,6H2,1H3,(H,14,17)(H2,13,15,16,18). The summed E-state index contributed by atoms with van der Waals surface area (Å²) in [5.41, 5.74) is 5.38. The van der Waals surface area contributed by atoms with Crippen LogP contribution >= 0.6 is 12.2 Å². The Balaban J connectivity index is 2.35. The first-order chi connectivity index (χ1) is 8.63. The van der Waals surface area contributed by atoms with E-state index in [9.17, 15) is 9.59 Å². The van der Waals surface area contributed by atoms with Gasteiger partial charge in [-0.1, -0.05) is 25.1 Å². The Morgan fingerprint density at radius 1 is 1.17 bits per heavy atom. The molecule has 2 amide bonds. The number of nitrogens with one attached hydrogen (secondary N) is 3. The van der Waals surface area contributed by atoms with Crippen LogP contribution in [-0.2, 0) is 4.79 Å². The molecule has 0 radical (unpaired) electrons. The van der Waals surface area contributed by atoms with E-state index in [1.165, 1.54) is 0 Å². The molecule has 96 valence electrons. The van der Waals surface area contributed by atoms with Crippen LogP contribution in [0.1, 0.15) is 30.1 Å². The second kappa shape index (κ2) is 7.39. The second-order valence-electron chi connectivity index (χ2n) is 3.57. The average Bonchev–Trinajstić information content (AvgIpc) is 2.37. The summed E-state index contributed by atoms with van der Waals surface area (Å²) in [5, 5.41) is 2.54. The summed E-state index contributed by atoms with van der Waals surface area (Å²) in [5.74, 6) is -0.494. The Labute approximate surface area is 111 Å². The molecule has 1 aromatic rings. The number of rotatable bonds is 3. The van der Waals surface area contributed by atoms with Crippen molar-refractivity contribution in [2.75, 3.05) is 0 Å². The maximum atomic E-state index is 11.6. The summed E-state index contributed by atoms with van der Waals surface area (Å²) in [6, 6.07) is 8.69. The first-order valence-electron chi connectivity index (χ1n) is 5.58. The molecule has 6 heteroatoms. The molecular weight excluding hydrogens is 250 g/mol. The van der Waals surface area contributed by atoms with E-state index in [4.69, 9.17) is 12.2 Å². The predicted molar refractivity (Wildman–Crippen MR) is 72.7 cm³/mol. The van der Waals surface area contributed by atoms with Gasteiger partial charge in [-0.3, -0.25) is 20.4 Å². The van der Waals surface area contributed by atoms with E-state index in [0.717, 1.165) is 6.42 Å². The Morgan fingerprint density at radius 3 is 2.44 bits per heavy atom. The van der Waals surface area contributed by atoms with Gasteiger partial charge in [-0.05, 0) is 30.8 Å². The van der Waals surface area contributed by atoms with Gasteiger partial charge in [0.05, 0.1) is 0 Å². The third-order valence-corrected chi connectivity index (χ3v) is 2.26. The monoisotopic (exact) mass is 265 g/mol. The van der Waals surface area contributed by atoms with Crippen LogP contribution in [0.3, 0.4) is 0 Å². The Kier molecular flexibility index (Phi) is 5.79. The first-order valence-corrected chi connectivity index (χ1v) is 5.99. The minimum Gasteiger partial charge on any atom is -0.302 e. The van der Waals surface area contributed by atoms with Crippen molar-refractivity contribution in [1.29, 1.82) is 0 Å². The van der Waals surface area contributed by atoms with E-state index in [2.05, 4.69) is 16.2 Å². The van der Waals surface area contributed by atoms with Crippen LogP contribution < -0.4 is 16.2 Å². The van der Waals surface area contributed by atoms with Crippen LogP contribution in [0.25, 0.3) is 0 Å². The zero-order chi connectivity index (χ0) is 13.4. The molecule has 0 aliphatic heterocycles. The lowest BCUT2D eigenvalue weighted by molar-refractivity contribution is -0.119. The summed E-state index contributed by atoms with van der Waals surface area (Å²) < 4.78 is 0. The summed E-state index contributed by atoms with van der Waals surface area (Å²) in [6.07, 6.45) is 1.14. The molecule has 3 N–H and O–H groups in total. The molecule has 1 aromatic carbocycles. The fourth-order valence-corrected chi connectivity index (χ4v) is 1.39. The molecule has 0 aromatic heterocycles. The third kappa shape index (κ3) is 4.92. The van der Waals surface area contributed by atoms with Crippen molar-refractivity contribution < 1.29 is 9.59 Å². The van der Waals surface area contributed by atoms with Crippen LogP contribution in [-0.4, -0.2) is 16.9 Å². The highest BCUT2D eigenvalue weighted by Gasteiger charge is 2.06. The van der Waals surface area contributed by atoms with Gasteiger partial charge >= 0.3 is 0 Å². The van der Waals surface area contributed by atoms with Crippen LogP contribution in [0.5, 0.6) is 0 Å². The SMILES string of the molecule is CCCC(=O)NC(=S)NNC(=O)c1ccccc1. The Morgan fingerprint density at radius 2 is 1.83 bits per heavy atom. The molecule has 18 heavy (non-hydrogen) atoms. The number of hydrogen-bond donors (Lipinski definition) is 3. The second-order valence-corrected chi connectivity index (χ2v) is 3.98. The van der Waals surface area contributed by atoms with Crippen LogP contribution in [0.4, 0.5) is 0 Å². The van der Waals surface area contributed by atoms with Crippen molar-refractivity contribution in [3.05, 3.63) is 35.9 Å². The molecular formula is C12H15N3O2S. The van der Waals surface area contributed by atoms with E-state index in [1.54, 1.807) is 24.3 Å². The Bertz CT molecular complexity index is 434. The fourth-order valence-electron chi connectivity index (χ4n) is 1.22. The van der Waals surface area contributed by atoms with Gasteiger partial charge in [-0.2, -0.15) is 0 Å². The molecule has 0 fully saturated rings. The normalized spacial score (nSPS) is 9.39. The predicted octanol–water partition coefficient (Wildman–Crippen LogP) is 1.12. The molecule has 0 spiro atoms. The molecule has 1 rings (SSSR count). The van der Waals surface area contributed by atoms with E-state index in [0.29, 0.717) is 12.0 Å². The van der Waals surface area contributed by atoms with Crippen molar-refractivity contribution in [3.63, 3.8) is 0 Å². The van der Waals surface area contributed by atoms with E-state index >= 15 is 0 Å². The lowest BCUT2D eigenvalue weighted by Gasteiger charge is -2.10. The van der Waals surface area contributed by atoms with Gasteiger partial charge in [0, 0.05) is 12.0 Å². The number of hydrazine groups is 1. The largest absolute Gasteiger partial charge is 0.302 e. The summed E-state index contributed by atoms with van der Waals surface area (Å²) >= 11 is 4.86. The lowest BCUT2D eigenvalue weighted by Crippen LogP contribution is -2.48. The van der Waals surface area contributed by atoms with Gasteiger partial charge in [0.25, 0.3) is 5.91 Å². The topological polar surface area (TPSA) is 70.2 Å². The maximum Gasteiger partial charge on any atom is 0.269 e. The smallest absolute Gasteiger partial charge is 0.269 e. The van der Waals surface area contributed by atoms with Crippen LogP contribution in [0, 0.1) is 0 Å². The first kappa shape index (κ1) is 14.1. The van der Waals surface area contributed by atoms with Crippen molar-refractivity contribution in [2.24, 2.45) is 0 Å². The zero-order valence-electron chi connectivity index (χ0n) is 10.0. The summed E-state index contributed by atoms with van der Waals surface area (Å²) in [7, 11) is 0. The highest BCUT2D eigenvalue weighted by molar-refractivity contribution is 7.80. The number of carbonyl (C=O) groups excluding carboxylic acids is 2. The quantitative estimate of drug-likeness (QED) is 0.566. The molecule has 0 aliphatic rings. The molecule has 0 aliphatic carbocycles.